The number of rotatable bonds is 4. The minimum Gasteiger partial charge on any atom is -0.497 e. The third kappa shape index (κ3) is 3.80. The van der Waals surface area contributed by atoms with E-state index < -0.39 is 15.9 Å². The number of benzene rings is 2. The van der Waals surface area contributed by atoms with Crippen LogP contribution < -0.4 is 9.64 Å². The van der Waals surface area contributed by atoms with Crippen molar-refractivity contribution in [1.82, 2.24) is 0 Å². The number of carbonyl (C=O) groups is 1. The maximum absolute atomic E-state index is 13.3. The summed E-state index contributed by atoms with van der Waals surface area (Å²) in [5, 5.41) is 1.19. The highest BCUT2D eigenvalue weighted by Gasteiger charge is 2.32. The molecule has 2 aromatic rings. The van der Waals surface area contributed by atoms with Gasteiger partial charge in [0.05, 0.1) is 18.9 Å². The van der Waals surface area contributed by atoms with Crippen LogP contribution in [0, 0.1) is 13.8 Å². The Kier molecular flexibility index (Phi) is 4.87. The minimum atomic E-state index is -3.30. The molecule has 0 aliphatic carbocycles. The van der Waals surface area contributed by atoms with Crippen LogP contribution in [0.3, 0.4) is 0 Å². The molecule has 136 valence electrons. The number of hydrogen-bond donors (Lipinski definition) is 0. The highest BCUT2D eigenvalue weighted by molar-refractivity contribution is 7.94. The molecule has 1 heterocycles. The Labute approximate surface area is 153 Å². The monoisotopic (exact) mass is 371 g/mol. The number of amides is 1. The number of carbonyl (C=O) groups excluding carboxylic acids is 1. The van der Waals surface area contributed by atoms with E-state index >= 15 is 0 Å². The van der Waals surface area contributed by atoms with Gasteiger partial charge < -0.3 is 9.64 Å². The molecule has 1 aliphatic rings. The molecule has 5 nitrogen and oxygen atoms in total. The van der Waals surface area contributed by atoms with Crippen LogP contribution in [0.4, 0.5) is 5.69 Å². The Balaban J connectivity index is 2.08. The van der Waals surface area contributed by atoms with Gasteiger partial charge in [0.15, 0.2) is 9.84 Å². The Morgan fingerprint density at radius 3 is 2.38 bits per heavy atom. The maximum atomic E-state index is 13.3. The van der Waals surface area contributed by atoms with Crippen molar-refractivity contribution in [2.75, 3.05) is 17.8 Å². The summed E-state index contributed by atoms with van der Waals surface area (Å²) in [7, 11) is -1.76. The zero-order valence-corrected chi connectivity index (χ0v) is 15.8. The SMILES string of the molecule is COc1cccc(C(=O)N(c2cc(C)cc(C)c2)[C@H]2C=CS(=O)(=O)C2)c1. The summed E-state index contributed by atoms with van der Waals surface area (Å²) in [6.45, 7) is 3.90. The van der Waals surface area contributed by atoms with Crippen LogP contribution in [0.2, 0.25) is 0 Å². The van der Waals surface area contributed by atoms with E-state index in [1.807, 2.05) is 32.0 Å². The second-order valence-corrected chi connectivity index (χ2v) is 8.41. The first-order valence-electron chi connectivity index (χ1n) is 8.26. The van der Waals surface area contributed by atoms with Crippen LogP contribution in [0.1, 0.15) is 21.5 Å². The molecule has 0 fully saturated rings. The van der Waals surface area contributed by atoms with Crippen molar-refractivity contribution in [3.63, 3.8) is 0 Å². The van der Waals surface area contributed by atoms with Gasteiger partial charge in [-0.15, -0.1) is 0 Å². The molecule has 6 heteroatoms. The Bertz CT molecular complexity index is 959. The molecule has 1 amide bonds. The molecule has 0 radical (unpaired) electrons. The first-order chi connectivity index (χ1) is 12.3. The van der Waals surface area contributed by atoms with Crippen LogP contribution in [0.25, 0.3) is 0 Å². The van der Waals surface area contributed by atoms with Crippen LogP contribution in [-0.4, -0.2) is 33.2 Å². The fourth-order valence-electron chi connectivity index (χ4n) is 3.16. The van der Waals surface area contributed by atoms with E-state index in [2.05, 4.69) is 0 Å². The predicted octanol–water partition coefficient (Wildman–Crippen LogP) is 3.27. The van der Waals surface area contributed by atoms with Gasteiger partial charge in [-0.25, -0.2) is 8.42 Å². The Morgan fingerprint density at radius 1 is 1.12 bits per heavy atom. The van der Waals surface area contributed by atoms with Crippen LogP contribution in [0.15, 0.2) is 53.9 Å². The molecule has 0 saturated carbocycles. The predicted molar refractivity (Wildman–Crippen MR) is 102 cm³/mol. The smallest absolute Gasteiger partial charge is 0.258 e. The highest BCUT2D eigenvalue weighted by atomic mass is 32.2. The van der Waals surface area contributed by atoms with Crippen molar-refractivity contribution in [2.45, 2.75) is 19.9 Å². The largest absolute Gasteiger partial charge is 0.497 e. The quantitative estimate of drug-likeness (QED) is 0.827. The van der Waals surface area contributed by atoms with Crippen molar-refractivity contribution in [2.24, 2.45) is 0 Å². The summed E-state index contributed by atoms with van der Waals surface area (Å²) in [6.07, 6.45) is 1.57. The van der Waals surface area contributed by atoms with Crippen LogP contribution in [0.5, 0.6) is 5.75 Å². The number of sulfone groups is 1. The number of aryl methyl sites for hydroxylation is 2. The zero-order chi connectivity index (χ0) is 18.9. The molecule has 3 rings (SSSR count). The van der Waals surface area contributed by atoms with Gasteiger partial charge in [0.2, 0.25) is 0 Å². The molecule has 0 saturated heterocycles. The number of anilines is 1. The Morgan fingerprint density at radius 2 is 1.81 bits per heavy atom. The topological polar surface area (TPSA) is 63.7 Å². The molecule has 26 heavy (non-hydrogen) atoms. The molecule has 0 aromatic heterocycles. The van der Waals surface area contributed by atoms with E-state index in [0.29, 0.717) is 17.0 Å². The first-order valence-corrected chi connectivity index (χ1v) is 9.97. The van der Waals surface area contributed by atoms with E-state index in [4.69, 9.17) is 4.74 Å². The molecular weight excluding hydrogens is 350 g/mol. The molecule has 2 aromatic carbocycles. The van der Waals surface area contributed by atoms with Gasteiger partial charge in [0.25, 0.3) is 5.91 Å². The number of ether oxygens (including phenoxy) is 1. The fraction of sp³-hybridized carbons (Fsp3) is 0.250. The lowest BCUT2D eigenvalue weighted by molar-refractivity contribution is 0.0983. The normalized spacial score (nSPS) is 17.9. The Hall–Kier alpha value is -2.60. The fourth-order valence-corrected chi connectivity index (χ4v) is 4.43. The summed E-state index contributed by atoms with van der Waals surface area (Å²) < 4.78 is 29.1. The first kappa shape index (κ1) is 18.2. The molecule has 0 bridgehead atoms. The highest BCUT2D eigenvalue weighted by Crippen LogP contribution is 2.27. The average molecular weight is 371 g/mol. The molecule has 0 N–H and O–H groups in total. The van der Waals surface area contributed by atoms with Gasteiger partial charge >= 0.3 is 0 Å². The van der Waals surface area contributed by atoms with E-state index in [1.54, 1.807) is 35.2 Å². The van der Waals surface area contributed by atoms with Gasteiger partial charge in [-0.1, -0.05) is 12.1 Å². The van der Waals surface area contributed by atoms with Gasteiger partial charge in [-0.2, -0.15) is 0 Å². The lowest BCUT2D eigenvalue weighted by Crippen LogP contribution is -2.41. The van der Waals surface area contributed by atoms with E-state index in [-0.39, 0.29) is 11.7 Å². The molecule has 0 spiro atoms. The third-order valence-electron chi connectivity index (χ3n) is 4.26. The number of methoxy groups -OCH3 is 1. The van der Waals surface area contributed by atoms with E-state index in [0.717, 1.165) is 11.1 Å². The maximum Gasteiger partial charge on any atom is 0.258 e. The van der Waals surface area contributed by atoms with E-state index in [9.17, 15) is 13.2 Å². The van der Waals surface area contributed by atoms with Gasteiger partial charge in [0, 0.05) is 16.7 Å². The minimum absolute atomic E-state index is 0.115. The molecule has 1 aliphatic heterocycles. The summed E-state index contributed by atoms with van der Waals surface area (Å²) >= 11 is 0. The summed E-state index contributed by atoms with van der Waals surface area (Å²) in [4.78, 5) is 14.8. The van der Waals surface area contributed by atoms with Crippen molar-refractivity contribution >= 4 is 21.4 Å². The molecule has 1 atom stereocenters. The average Bonchev–Trinajstić information content (AvgIpc) is 2.93. The second-order valence-electron chi connectivity index (χ2n) is 6.48. The second kappa shape index (κ2) is 6.96. The van der Waals surface area contributed by atoms with Gasteiger partial charge in [-0.3, -0.25) is 4.79 Å². The molecular formula is C20H21NO4S. The van der Waals surface area contributed by atoms with E-state index in [1.165, 1.54) is 12.5 Å². The van der Waals surface area contributed by atoms with Crippen molar-refractivity contribution < 1.29 is 17.9 Å². The lowest BCUT2D eigenvalue weighted by atomic mass is 10.1. The zero-order valence-electron chi connectivity index (χ0n) is 15.0. The van der Waals surface area contributed by atoms with Crippen molar-refractivity contribution in [3.8, 4) is 5.75 Å². The number of hydrogen-bond acceptors (Lipinski definition) is 4. The van der Waals surface area contributed by atoms with Crippen molar-refractivity contribution in [3.05, 3.63) is 70.6 Å². The van der Waals surface area contributed by atoms with Gasteiger partial charge in [-0.05, 0) is 61.4 Å². The van der Waals surface area contributed by atoms with Crippen LogP contribution in [-0.2, 0) is 9.84 Å². The number of nitrogens with zero attached hydrogens (tertiary/aromatic N) is 1. The lowest BCUT2D eigenvalue weighted by Gasteiger charge is -2.28. The standard InChI is InChI=1S/C20H21NO4S/c1-14-9-15(2)11-18(10-14)21(17-7-8-26(23,24)13-17)20(22)16-5-4-6-19(12-16)25-3/h4-12,17H,13H2,1-3H3/t17-/m0/s1. The van der Waals surface area contributed by atoms with Gasteiger partial charge in [0.1, 0.15) is 5.75 Å². The van der Waals surface area contributed by atoms with Crippen molar-refractivity contribution in [1.29, 1.82) is 0 Å². The third-order valence-corrected chi connectivity index (χ3v) is 5.64. The van der Waals surface area contributed by atoms with Crippen LogP contribution >= 0.6 is 0 Å². The molecule has 0 unspecified atom stereocenters. The summed E-state index contributed by atoms with van der Waals surface area (Å²) in [6, 6.07) is 12.1. The summed E-state index contributed by atoms with van der Waals surface area (Å²) in [5.74, 6) is 0.196. The summed E-state index contributed by atoms with van der Waals surface area (Å²) in [5.41, 5.74) is 3.14.